The lowest BCUT2D eigenvalue weighted by Crippen LogP contribution is -2.51. The highest BCUT2D eigenvalue weighted by molar-refractivity contribution is 7.80. The van der Waals surface area contributed by atoms with Gasteiger partial charge in [0.15, 0.2) is 5.11 Å². The van der Waals surface area contributed by atoms with Gasteiger partial charge < -0.3 is 51.1 Å². The standard InChI is InChI=1S/C23H32N6O9S2/c1-13(18(30)26-17(12-39)19(31)32)24-20(40)25-15-4-2-14(3-5-15)10-16-11-28(22(35)36)7-6-27(21(33)34)8-9-29(16)23(37)38/h2-5,13,16-17,39H,6-12H2,1H3,(H,26,30)(H,31,32)(H,33,34)(H,35,36)(H,37,38)(H2,24,25,40). The van der Waals surface area contributed by atoms with E-state index in [4.69, 9.17) is 17.3 Å². The number of anilines is 1. The topological polar surface area (TPSA) is 212 Å². The number of carbonyl (C=O) groups is 5. The van der Waals surface area contributed by atoms with Gasteiger partial charge >= 0.3 is 24.2 Å². The molecule has 0 aromatic heterocycles. The predicted molar refractivity (Wildman–Crippen MR) is 150 cm³/mol. The van der Waals surface area contributed by atoms with Gasteiger partial charge in [-0.25, -0.2) is 19.2 Å². The second kappa shape index (κ2) is 15.0. The molecule has 1 heterocycles. The summed E-state index contributed by atoms with van der Waals surface area (Å²) in [4.78, 5) is 61.6. The number of aliphatic carboxylic acids is 1. The number of thiocarbonyl (C=S) groups is 1. The number of carboxylic acid groups (broad SMARTS) is 4. The van der Waals surface area contributed by atoms with E-state index in [1.165, 1.54) is 6.92 Å². The molecule has 0 spiro atoms. The van der Waals surface area contributed by atoms with Crippen molar-refractivity contribution in [2.45, 2.75) is 31.5 Å². The average Bonchev–Trinajstić information content (AvgIpc) is 2.97. The number of amides is 4. The highest BCUT2D eigenvalue weighted by atomic mass is 32.1. The van der Waals surface area contributed by atoms with E-state index in [1.54, 1.807) is 24.3 Å². The lowest BCUT2D eigenvalue weighted by Gasteiger charge is -2.32. The molecule has 15 nitrogen and oxygen atoms in total. The monoisotopic (exact) mass is 600 g/mol. The summed E-state index contributed by atoms with van der Waals surface area (Å²) in [7, 11) is 0. The van der Waals surface area contributed by atoms with Crippen LogP contribution in [0.25, 0.3) is 0 Å². The van der Waals surface area contributed by atoms with Crippen LogP contribution in [0.2, 0.25) is 0 Å². The summed E-state index contributed by atoms with van der Waals surface area (Å²) in [5, 5.41) is 45.9. The van der Waals surface area contributed by atoms with Gasteiger partial charge in [-0.3, -0.25) is 4.79 Å². The number of rotatable bonds is 8. The molecule has 3 unspecified atom stereocenters. The van der Waals surface area contributed by atoms with Crippen LogP contribution in [0.15, 0.2) is 24.3 Å². The van der Waals surface area contributed by atoms with Crippen LogP contribution < -0.4 is 16.0 Å². The fourth-order valence-electron chi connectivity index (χ4n) is 3.91. The zero-order valence-corrected chi connectivity index (χ0v) is 23.2. The van der Waals surface area contributed by atoms with E-state index < -0.39 is 48.3 Å². The number of nitrogens with zero attached hydrogens (tertiary/aromatic N) is 3. The summed E-state index contributed by atoms with van der Waals surface area (Å²) in [6.45, 7) is 0.976. The van der Waals surface area contributed by atoms with Gasteiger partial charge in [-0.15, -0.1) is 0 Å². The maximum atomic E-state index is 12.2. The van der Waals surface area contributed by atoms with Crippen molar-refractivity contribution in [2.75, 3.05) is 43.8 Å². The first-order chi connectivity index (χ1) is 18.8. The largest absolute Gasteiger partial charge is 0.480 e. The van der Waals surface area contributed by atoms with Crippen molar-refractivity contribution in [3.05, 3.63) is 29.8 Å². The molecule has 4 amide bonds. The van der Waals surface area contributed by atoms with Crippen molar-refractivity contribution in [2.24, 2.45) is 0 Å². The van der Waals surface area contributed by atoms with Crippen molar-refractivity contribution < 1.29 is 44.4 Å². The minimum absolute atomic E-state index is 0.0776. The quantitative estimate of drug-likeness (QED) is 0.153. The molecule has 7 N–H and O–H groups in total. The molecule has 17 heteroatoms. The minimum atomic E-state index is -1.29. The first kappa shape index (κ1) is 32.2. The molecule has 1 aliphatic heterocycles. The van der Waals surface area contributed by atoms with Gasteiger partial charge in [0.25, 0.3) is 0 Å². The highest BCUT2D eigenvalue weighted by Gasteiger charge is 2.31. The van der Waals surface area contributed by atoms with Crippen molar-refractivity contribution in [1.82, 2.24) is 25.3 Å². The molecule has 0 saturated carbocycles. The lowest BCUT2D eigenvalue weighted by molar-refractivity contribution is -0.141. The first-order valence-corrected chi connectivity index (χ1v) is 13.1. The second-order valence-electron chi connectivity index (χ2n) is 8.93. The van der Waals surface area contributed by atoms with Gasteiger partial charge in [0, 0.05) is 44.2 Å². The van der Waals surface area contributed by atoms with Crippen LogP contribution in [0.1, 0.15) is 12.5 Å². The summed E-state index contributed by atoms with van der Waals surface area (Å²) < 4.78 is 0. The molecule has 0 radical (unpaired) electrons. The first-order valence-electron chi connectivity index (χ1n) is 12.1. The Kier molecular flexibility index (Phi) is 12.1. The van der Waals surface area contributed by atoms with E-state index in [0.717, 1.165) is 14.7 Å². The fourth-order valence-corrected chi connectivity index (χ4v) is 4.45. The SMILES string of the molecule is CC(NC(=S)Nc1ccc(CC2CN(C(=O)O)CCN(C(=O)O)CCN2C(=O)O)cc1)C(=O)NC(CS)C(=O)O. The molecule has 1 aliphatic rings. The van der Waals surface area contributed by atoms with Crippen LogP contribution in [0.5, 0.6) is 0 Å². The number of hydrogen-bond donors (Lipinski definition) is 8. The fraction of sp³-hybridized carbons (Fsp3) is 0.478. The normalized spacial score (nSPS) is 17.4. The van der Waals surface area contributed by atoms with E-state index in [9.17, 15) is 39.3 Å². The van der Waals surface area contributed by atoms with E-state index >= 15 is 0 Å². The molecular weight excluding hydrogens is 568 g/mol. The Morgan fingerprint density at radius 1 is 0.925 bits per heavy atom. The molecule has 3 atom stereocenters. The third-order valence-corrected chi connectivity index (χ3v) is 6.72. The maximum absolute atomic E-state index is 12.2. The van der Waals surface area contributed by atoms with Gasteiger partial charge in [0.05, 0.1) is 6.04 Å². The zero-order chi connectivity index (χ0) is 30.0. The molecule has 1 aromatic rings. The van der Waals surface area contributed by atoms with Gasteiger partial charge in [0.1, 0.15) is 12.1 Å². The summed E-state index contributed by atoms with van der Waals surface area (Å²) in [5.74, 6) is -1.88. The van der Waals surface area contributed by atoms with E-state index in [0.29, 0.717) is 11.3 Å². The molecule has 40 heavy (non-hydrogen) atoms. The third-order valence-electron chi connectivity index (χ3n) is 6.13. The van der Waals surface area contributed by atoms with Crippen LogP contribution in [-0.2, 0) is 16.0 Å². The molecule has 1 fully saturated rings. The smallest absolute Gasteiger partial charge is 0.407 e. The molecule has 1 saturated heterocycles. The lowest BCUT2D eigenvalue weighted by atomic mass is 10.0. The number of benzene rings is 1. The third kappa shape index (κ3) is 9.64. The van der Waals surface area contributed by atoms with Crippen LogP contribution in [0, 0.1) is 0 Å². The molecular formula is C23H32N6O9S2. The van der Waals surface area contributed by atoms with Crippen LogP contribution >= 0.6 is 24.8 Å². The summed E-state index contributed by atoms with van der Waals surface area (Å²) >= 11 is 9.13. The van der Waals surface area contributed by atoms with Gasteiger partial charge in [-0.1, -0.05) is 12.1 Å². The number of carbonyl (C=O) groups excluding carboxylic acids is 1. The predicted octanol–water partition coefficient (Wildman–Crippen LogP) is 0.725. The van der Waals surface area contributed by atoms with Crippen molar-refractivity contribution in [1.29, 1.82) is 0 Å². The summed E-state index contributed by atoms with van der Waals surface area (Å²) in [6.07, 6.45) is -3.67. The van der Waals surface area contributed by atoms with E-state index in [-0.39, 0.29) is 50.0 Å². The number of nitrogens with one attached hydrogen (secondary N) is 3. The molecule has 0 bridgehead atoms. The molecule has 1 aromatic carbocycles. The van der Waals surface area contributed by atoms with E-state index in [2.05, 4.69) is 28.6 Å². The Labute approximate surface area is 240 Å². The molecule has 2 rings (SSSR count). The van der Waals surface area contributed by atoms with E-state index in [1.807, 2.05) is 0 Å². The highest BCUT2D eigenvalue weighted by Crippen LogP contribution is 2.17. The second-order valence-corrected chi connectivity index (χ2v) is 9.70. The van der Waals surface area contributed by atoms with Crippen molar-refractivity contribution >= 4 is 65.8 Å². The molecule has 220 valence electrons. The van der Waals surface area contributed by atoms with Gasteiger partial charge in [0.2, 0.25) is 5.91 Å². The minimum Gasteiger partial charge on any atom is -0.480 e. The Bertz CT molecular complexity index is 1110. The van der Waals surface area contributed by atoms with Crippen molar-refractivity contribution in [3.8, 4) is 0 Å². The molecule has 0 aliphatic carbocycles. The Morgan fingerprint density at radius 3 is 2.02 bits per heavy atom. The van der Waals surface area contributed by atoms with Gasteiger partial charge in [-0.05, 0) is 43.3 Å². The zero-order valence-electron chi connectivity index (χ0n) is 21.5. The Morgan fingerprint density at radius 2 is 1.50 bits per heavy atom. The van der Waals surface area contributed by atoms with Gasteiger partial charge in [-0.2, -0.15) is 12.6 Å². The number of hydrogen-bond acceptors (Lipinski definition) is 7. The van der Waals surface area contributed by atoms with Crippen LogP contribution in [0.3, 0.4) is 0 Å². The maximum Gasteiger partial charge on any atom is 0.407 e. The summed E-state index contributed by atoms with van der Waals surface area (Å²) in [6, 6.07) is 3.97. The Balaban J connectivity index is 2.07. The van der Waals surface area contributed by atoms with Crippen LogP contribution in [-0.4, -0.2) is 127 Å². The average molecular weight is 601 g/mol. The Hall–Kier alpha value is -3.99. The van der Waals surface area contributed by atoms with Crippen LogP contribution in [0.4, 0.5) is 20.1 Å². The number of thiol groups is 1. The number of carboxylic acids is 1. The van der Waals surface area contributed by atoms with Crippen molar-refractivity contribution in [3.63, 3.8) is 0 Å². The summed E-state index contributed by atoms with van der Waals surface area (Å²) in [5.41, 5.74) is 1.24.